The number of hydrogen-bond acceptors (Lipinski definition) is 4. The highest BCUT2D eigenvalue weighted by Crippen LogP contribution is 2.29. The fourth-order valence-electron chi connectivity index (χ4n) is 2.32. The molecule has 2 N–H and O–H groups in total. The van der Waals surface area contributed by atoms with E-state index in [1.807, 2.05) is 13.8 Å². The van der Waals surface area contributed by atoms with E-state index in [-0.39, 0.29) is 16.9 Å². The number of aromatic nitrogens is 2. The molecule has 21 heavy (non-hydrogen) atoms. The number of hydrogen-bond donors (Lipinski definition) is 1. The van der Waals surface area contributed by atoms with Crippen molar-refractivity contribution in [2.75, 3.05) is 6.54 Å². The van der Waals surface area contributed by atoms with E-state index >= 15 is 0 Å². The normalized spacial score (nSPS) is 11.9. The highest BCUT2D eigenvalue weighted by Gasteiger charge is 2.33. The summed E-state index contributed by atoms with van der Waals surface area (Å²) in [6.07, 6.45) is 1.87. The molecule has 6 heteroatoms. The third-order valence-corrected chi connectivity index (χ3v) is 4.34. The maximum atomic E-state index is 13.9. The van der Waals surface area contributed by atoms with E-state index in [0.717, 1.165) is 12.8 Å². The smallest absolute Gasteiger partial charge is 0.234 e. The Morgan fingerprint density at radius 1 is 1.33 bits per heavy atom. The van der Waals surface area contributed by atoms with Gasteiger partial charge in [0.15, 0.2) is 5.82 Å². The third-order valence-electron chi connectivity index (χ3n) is 4.05. The standard InChI is InChI=1S/C15H19ClFN3O/c1-3-15(4-2,9-18)14-19-12(20-21-14)8-10-6-5-7-11(16)13(10)17/h5-7H,3-4,8-9,18H2,1-2H3. The predicted molar refractivity (Wildman–Crippen MR) is 79.8 cm³/mol. The van der Waals surface area contributed by atoms with Gasteiger partial charge in [-0.05, 0) is 24.5 Å². The Labute approximate surface area is 128 Å². The first-order valence-corrected chi connectivity index (χ1v) is 7.40. The van der Waals surface area contributed by atoms with Gasteiger partial charge in [-0.2, -0.15) is 4.98 Å². The van der Waals surface area contributed by atoms with Gasteiger partial charge in [-0.3, -0.25) is 0 Å². The fraction of sp³-hybridized carbons (Fsp3) is 0.467. The zero-order chi connectivity index (χ0) is 15.5. The number of nitrogens with two attached hydrogens (primary N) is 1. The third kappa shape index (κ3) is 3.09. The molecule has 0 radical (unpaired) electrons. The Kier molecular flexibility index (Phi) is 4.96. The van der Waals surface area contributed by atoms with Gasteiger partial charge in [0.1, 0.15) is 5.82 Å². The molecule has 0 spiro atoms. The molecule has 0 aliphatic carbocycles. The van der Waals surface area contributed by atoms with Crippen LogP contribution in [-0.2, 0) is 11.8 Å². The minimum atomic E-state index is -0.443. The summed E-state index contributed by atoms with van der Waals surface area (Å²) in [5.41, 5.74) is 6.00. The lowest BCUT2D eigenvalue weighted by atomic mass is 9.82. The summed E-state index contributed by atoms with van der Waals surface area (Å²) in [7, 11) is 0. The Bertz CT molecular complexity index is 602. The van der Waals surface area contributed by atoms with Crippen LogP contribution in [0.2, 0.25) is 5.02 Å². The summed E-state index contributed by atoms with van der Waals surface area (Å²) >= 11 is 5.77. The van der Waals surface area contributed by atoms with E-state index in [0.29, 0.717) is 23.8 Å². The maximum absolute atomic E-state index is 13.9. The molecule has 0 amide bonds. The topological polar surface area (TPSA) is 64.9 Å². The highest BCUT2D eigenvalue weighted by molar-refractivity contribution is 6.30. The molecule has 1 heterocycles. The van der Waals surface area contributed by atoms with Crippen molar-refractivity contribution in [2.24, 2.45) is 5.73 Å². The van der Waals surface area contributed by atoms with Crippen LogP contribution >= 0.6 is 11.6 Å². The molecular weight excluding hydrogens is 293 g/mol. The van der Waals surface area contributed by atoms with Crippen LogP contribution in [0.15, 0.2) is 22.7 Å². The second kappa shape index (κ2) is 6.54. The molecule has 4 nitrogen and oxygen atoms in total. The van der Waals surface area contributed by atoms with Gasteiger partial charge in [0.05, 0.1) is 10.4 Å². The van der Waals surface area contributed by atoms with Crippen LogP contribution < -0.4 is 5.73 Å². The molecular formula is C15H19ClFN3O. The molecule has 1 aromatic heterocycles. The monoisotopic (exact) mass is 311 g/mol. The molecule has 0 atom stereocenters. The van der Waals surface area contributed by atoms with Crippen LogP contribution in [0.5, 0.6) is 0 Å². The minimum absolute atomic E-state index is 0.0923. The van der Waals surface area contributed by atoms with Crippen molar-refractivity contribution in [2.45, 2.75) is 38.5 Å². The van der Waals surface area contributed by atoms with E-state index in [4.69, 9.17) is 21.9 Å². The van der Waals surface area contributed by atoms with Crippen molar-refractivity contribution in [3.63, 3.8) is 0 Å². The first-order chi connectivity index (χ1) is 10.1. The molecule has 114 valence electrons. The first-order valence-electron chi connectivity index (χ1n) is 7.02. The van der Waals surface area contributed by atoms with Crippen molar-refractivity contribution >= 4 is 11.6 Å². The average Bonchev–Trinajstić information content (AvgIpc) is 2.96. The van der Waals surface area contributed by atoms with Gasteiger partial charge in [0.2, 0.25) is 5.89 Å². The molecule has 0 saturated carbocycles. The van der Waals surface area contributed by atoms with Crippen molar-refractivity contribution in [3.05, 3.63) is 46.3 Å². The molecule has 0 bridgehead atoms. The van der Waals surface area contributed by atoms with Gasteiger partial charge >= 0.3 is 0 Å². The molecule has 0 unspecified atom stereocenters. The Balaban J connectivity index is 2.26. The summed E-state index contributed by atoms with van der Waals surface area (Å²) in [4.78, 5) is 4.39. The van der Waals surface area contributed by atoms with Gasteiger partial charge in [0, 0.05) is 13.0 Å². The van der Waals surface area contributed by atoms with Gasteiger partial charge in [-0.1, -0.05) is 42.7 Å². The molecule has 1 aromatic carbocycles. The fourth-order valence-corrected chi connectivity index (χ4v) is 2.52. The molecule has 2 aromatic rings. The van der Waals surface area contributed by atoms with Gasteiger partial charge in [-0.15, -0.1) is 0 Å². The summed E-state index contributed by atoms with van der Waals surface area (Å²) in [5, 5.41) is 4.03. The molecule has 0 aliphatic heterocycles. The van der Waals surface area contributed by atoms with Crippen molar-refractivity contribution in [1.29, 1.82) is 0 Å². The Hall–Kier alpha value is -1.46. The SMILES string of the molecule is CCC(CC)(CN)c1nc(Cc2cccc(Cl)c2F)no1. The van der Waals surface area contributed by atoms with Crippen molar-refractivity contribution in [1.82, 2.24) is 10.1 Å². The molecule has 0 aliphatic rings. The van der Waals surface area contributed by atoms with Crippen LogP contribution in [0.4, 0.5) is 4.39 Å². The first kappa shape index (κ1) is 15.9. The molecule has 0 fully saturated rings. The summed E-state index contributed by atoms with van der Waals surface area (Å²) in [6, 6.07) is 4.87. The number of nitrogens with zero attached hydrogens (tertiary/aromatic N) is 2. The van der Waals surface area contributed by atoms with Gasteiger partial charge in [0.25, 0.3) is 0 Å². The van der Waals surface area contributed by atoms with E-state index < -0.39 is 5.82 Å². The Morgan fingerprint density at radius 3 is 2.67 bits per heavy atom. The minimum Gasteiger partial charge on any atom is -0.339 e. The summed E-state index contributed by atoms with van der Waals surface area (Å²) in [5.74, 6) is 0.514. The highest BCUT2D eigenvalue weighted by atomic mass is 35.5. The van der Waals surface area contributed by atoms with Crippen LogP contribution in [0, 0.1) is 5.82 Å². The van der Waals surface area contributed by atoms with E-state index in [9.17, 15) is 4.39 Å². The van der Waals surface area contributed by atoms with E-state index in [1.54, 1.807) is 12.1 Å². The van der Waals surface area contributed by atoms with Gasteiger partial charge < -0.3 is 10.3 Å². The van der Waals surface area contributed by atoms with Gasteiger partial charge in [-0.25, -0.2) is 4.39 Å². The van der Waals surface area contributed by atoms with Crippen molar-refractivity contribution < 1.29 is 8.91 Å². The number of benzene rings is 1. The lowest BCUT2D eigenvalue weighted by Crippen LogP contribution is -2.34. The second-order valence-electron chi connectivity index (χ2n) is 5.10. The second-order valence-corrected chi connectivity index (χ2v) is 5.50. The quantitative estimate of drug-likeness (QED) is 0.887. The van der Waals surface area contributed by atoms with E-state index in [2.05, 4.69) is 10.1 Å². The largest absolute Gasteiger partial charge is 0.339 e. The maximum Gasteiger partial charge on any atom is 0.234 e. The van der Waals surface area contributed by atoms with Crippen LogP contribution in [0.3, 0.4) is 0 Å². The molecule has 0 saturated heterocycles. The molecule has 2 rings (SSSR count). The predicted octanol–water partition coefficient (Wildman–Crippen LogP) is 3.47. The number of rotatable bonds is 6. The average molecular weight is 312 g/mol. The summed E-state index contributed by atoms with van der Waals surface area (Å²) in [6.45, 7) is 4.51. The zero-order valence-electron chi connectivity index (χ0n) is 12.2. The van der Waals surface area contributed by atoms with Crippen molar-refractivity contribution in [3.8, 4) is 0 Å². The van der Waals surface area contributed by atoms with Crippen LogP contribution in [0.1, 0.15) is 44.0 Å². The lowest BCUT2D eigenvalue weighted by molar-refractivity contribution is 0.266. The van der Waals surface area contributed by atoms with Crippen LogP contribution in [0.25, 0.3) is 0 Å². The lowest BCUT2D eigenvalue weighted by Gasteiger charge is -2.24. The van der Waals surface area contributed by atoms with Crippen LogP contribution in [-0.4, -0.2) is 16.7 Å². The van der Waals surface area contributed by atoms with E-state index in [1.165, 1.54) is 6.07 Å². The summed E-state index contributed by atoms with van der Waals surface area (Å²) < 4.78 is 19.2. The zero-order valence-corrected chi connectivity index (χ0v) is 13.0. The number of halogens is 2. The Morgan fingerprint density at radius 2 is 2.05 bits per heavy atom.